The van der Waals surface area contributed by atoms with Crippen molar-refractivity contribution in [3.8, 4) is 0 Å². The molecule has 1 saturated carbocycles. The minimum Gasteiger partial charge on any atom is -0.428 e. The van der Waals surface area contributed by atoms with Gasteiger partial charge in [0.2, 0.25) is 6.79 Å². The molecule has 0 atom stereocenters. The lowest BCUT2D eigenvalue weighted by molar-refractivity contribution is -0.157. The summed E-state index contributed by atoms with van der Waals surface area (Å²) in [5.41, 5.74) is 5.24. The largest absolute Gasteiger partial charge is 0.428 e. The highest BCUT2D eigenvalue weighted by molar-refractivity contribution is 8.13. The molecule has 5 nitrogen and oxygen atoms in total. The molecule has 0 aliphatic heterocycles. The molecule has 106 valence electrons. The molecule has 0 saturated heterocycles. The van der Waals surface area contributed by atoms with E-state index in [9.17, 15) is 9.59 Å². The number of ether oxygens (including phenoxy) is 2. The lowest BCUT2D eigenvalue weighted by Gasteiger charge is -2.19. The number of nitrogens with two attached hydrogens (primary N) is 1. The average molecular weight is 298 g/mol. The first-order valence-corrected chi connectivity index (χ1v) is 6.89. The molecule has 0 aromatic rings. The van der Waals surface area contributed by atoms with Crippen LogP contribution in [0.2, 0.25) is 0 Å². The lowest BCUT2D eigenvalue weighted by atomic mass is 9.89. The van der Waals surface area contributed by atoms with Crippen LogP contribution < -0.4 is 5.73 Å². The molecule has 1 fully saturated rings. The highest BCUT2D eigenvalue weighted by Crippen LogP contribution is 2.24. The molecule has 18 heavy (non-hydrogen) atoms. The van der Waals surface area contributed by atoms with E-state index in [0.717, 1.165) is 37.4 Å². The van der Waals surface area contributed by atoms with E-state index in [1.165, 1.54) is 6.42 Å². The van der Waals surface area contributed by atoms with E-state index in [-0.39, 0.29) is 31.1 Å². The minimum atomic E-state index is -0.452. The lowest BCUT2D eigenvalue weighted by Crippen LogP contribution is -2.22. The molecule has 1 aliphatic rings. The Morgan fingerprint density at radius 3 is 2.44 bits per heavy atom. The highest BCUT2D eigenvalue weighted by atomic mass is 35.5. The Labute approximate surface area is 118 Å². The van der Waals surface area contributed by atoms with Crippen molar-refractivity contribution < 1.29 is 19.1 Å². The van der Waals surface area contributed by atoms with Gasteiger partial charge in [-0.1, -0.05) is 19.3 Å². The summed E-state index contributed by atoms with van der Waals surface area (Å²) >= 11 is 0.986. The summed E-state index contributed by atoms with van der Waals surface area (Å²) in [5, 5.41) is -0.452. The van der Waals surface area contributed by atoms with Crippen molar-refractivity contribution >= 4 is 35.4 Å². The van der Waals surface area contributed by atoms with Crippen molar-refractivity contribution in [1.29, 1.82) is 0 Å². The number of rotatable bonds is 5. The fraction of sp³-hybridized carbons (Fsp3) is 0.818. The Morgan fingerprint density at radius 2 is 1.83 bits per heavy atom. The first-order valence-electron chi connectivity index (χ1n) is 5.90. The summed E-state index contributed by atoms with van der Waals surface area (Å²) in [5.74, 6) is 0.246. The van der Waals surface area contributed by atoms with Crippen molar-refractivity contribution in [1.82, 2.24) is 0 Å². The van der Waals surface area contributed by atoms with Crippen molar-refractivity contribution in [2.24, 2.45) is 11.7 Å². The Balaban J connectivity index is 0.00000289. The second-order valence-corrected chi connectivity index (χ2v) is 4.98. The summed E-state index contributed by atoms with van der Waals surface area (Å²) in [6.07, 6.45) is 5.11. The molecule has 7 heteroatoms. The maximum atomic E-state index is 11.6. The molecule has 1 aliphatic carbocycles. The number of carbonyl (C=O) groups is 2. The van der Waals surface area contributed by atoms with Gasteiger partial charge in [0.25, 0.3) is 0 Å². The predicted molar refractivity (Wildman–Crippen MR) is 72.8 cm³/mol. The number of halogens is 1. The second kappa shape index (κ2) is 10.5. The van der Waals surface area contributed by atoms with Gasteiger partial charge in [-0.05, 0) is 24.6 Å². The zero-order chi connectivity index (χ0) is 12.5. The minimum absolute atomic E-state index is 0. The topological polar surface area (TPSA) is 78.6 Å². The van der Waals surface area contributed by atoms with Crippen LogP contribution in [-0.2, 0) is 14.3 Å². The van der Waals surface area contributed by atoms with Crippen LogP contribution in [0.25, 0.3) is 0 Å². The average Bonchev–Trinajstić information content (AvgIpc) is 2.37. The molecule has 0 spiro atoms. The number of carbonyl (C=O) groups excluding carboxylic acids is 2. The van der Waals surface area contributed by atoms with Crippen LogP contribution >= 0.6 is 24.2 Å². The standard InChI is InChI=1S/C11H19NO4S.ClH/c12-6-7-17-11(14)16-8-15-10(13)9-4-2-1-3-5-9;/h9H,1-8,12H2;1H. The summed E-state index contributed by atoms with van der Waals surface area (Å²) in [6.45, 7) is 0.132. The van der Waals surface area contributed by atoms with Gasteiger partial charge in [0.1, 0.15) is 0 Å². The van der Waals surface area contributed by atoms with Gasteiger partial charge in [0, 0.05) is 12.3 Å². The van der Waals surface area contributed by atoms with Crippen molar-refractivity contribution in [3.05, 3.63) is 0 Å². The van der Waals surface area contributed by atoms with E-state index in [1.54, 1.807) is 0 Å². The Bertz CT molecular complexity index is 259. The van der Waals surface area contributed by atoms with E-state index in [0.29, 0.717) is 12.3 Å². The SMILES string of the molecule is Cl.NCCSC(=O)OCOC(=O)C1CCCCC1. The highest BCUT2D eigenvalue weighted by Gasteiger charge is 2.22. The smallest absolute Gasteiger partial charge is 0.370 e. The van der Waals surface area contributed by atoms with Crippen LogP contribution in [0.5, 0.6) is 0 Å². The van der Waals surface area contributed by atoms with Gasteiger partial charge >= 0.3 is 11.3 Å². The van der Waals surface area contributed by atoms with Crippen LogP contribution in [0.3, 0.4) is 0 Å². The maximum Gasteiger partial charge on any atom is 0.370 e. The molecule has 0 radical (unpaired) electrons. The van der Waals surface area contributed by atoms with Gasteiger partial charge in [0.15, 0.2) is 0 Å². The molecule has 0 aromatic carbocycles. The zero-order valence-corrected chi connectivity index (χ0v) is 11.9. The van der Waals surface area contributed by atoms with Gasteiger partial charge in [-0.3, -0.25) is 4.79 Å². The molecule has 0 amide bonds. The first-order chi connectivity index (χ1) is 8.24. The van der Waals surface area contributed by atoms with Crippen LogP contribution in [0, 0.1) is 5.92 Å². The monoisotopic (exact) mass is 297 g/mol. The fourth-order valence-electron chi connectivity index (χ4n) is 1.78. The van der Waals surface area contributed by atoms with E-state index in [4.69, 9.17) is 15.2 Å². The third-order valence-corrected chi connectivity index (χ3v) is 3.45. The number of hydrogen-bond acceptors (Lipinski definition) is 6. The summed E-state index contributed by atoms with van der Waals surface area (Å²) < 4.78 is 9.64. The van der Waals surface area contributed by atoms with Gasteiger partial charge in [0.05, 0.1) is 5.92 Å². The second-order valence-electron chi connectivity index (χ2n) is 3.95. The Kier molecular flexibility index (Phi) is 10.2. The van der Waals surface area contributed by atoms with Crippen LogP contribution in [-0.4, -0.2) is 30.4 Å². The third-order valence-electron chi connectivity index (χ3n) is 2.65. The van der Waals surface area contributed by atoms with Crippen LogP contribution in [0.1, 0.15) is 32.1 Å². The van der Waals surface area contributed by atoms with E-state index < -0.39 is 5.30 Å². The molecule has 0 unspecified atom stereocenters. The van der Waals surface area contributed by atoms with Gasteiger partial charge < -0.3 is 15.2 Å². The Hall–Kier alpha value is -0.460. The predicted octanol–water partition coefficient (Wildman–Crippen LogP) is 2.32. The maximum absolute atomic E-state index is 11.6. The van der Waals surface area contributed by atoms with E-state index in [2.05, 4.69) is 0 Å². The van der Waals surface area contributed by atoms with E-state index >= 15 is 0 Å². The number of esters is 1. The molecule has 0 aromatic heterocycles. The van der Waals surface area contributed by atoms with Gasteiger partial charge in [-0.15, -0.1) is 12.4 Å². The van der Waals surface area contributed by atoms with Gasteiger partial charge in [-0.2, -0.15) is 0 Å². The summed E-state index contributed by atoms with van der Waals surface area (Å²) in [4.78, 5) is 22.6. The fourth-order valence-corrected chi connectivity index (χ4v) is 2.19. The summed E-state index contributed by atoms with van der Waals surface area (Å²) in [7, 11) is 0. The molecular weight excluding hydrogens is 278 g/mol. The third kappa shape index (κ3) is 7.08. The molecule has 0 bridgehead atoms. The number of hydrogen-bond donors (Lipinski definition) is 1. The van der Waals surface area contributed by atoms with E-state index in [1.807, 2.05) is 0 Å². The molecule has 2 N–H and O–H groups in total. The van der Waals surface area contributed by atoms with Crippen LogP contribution in [0.15, 0.2) is 0 Å². The first kappa shape index (κ1) is 17.5. The van der Waals surface area contributed by atoms with Crippen molar-refractivity contribution in [3.63, 3.8) is 0 Å². The quantitative estimate of drug-likeness (QED) is 0.620. The van der Waals surface area contributed by atoms with Crippen molar-refractivity contribution in [2.45, 2.75) is 32.1 Å². The van der Waals surface area contributed by atoms with Crippen molar-refractivity contribution in [2.75, 3.05) is 19.1 Å². The number of thioether (sulfide) groups is 1. The van der Waals surface area contributed by atoms with Crippen LogP contribution in [0.4, 0.5) is 4.79 Å². The Morgan fingerprint density at radius 1 is 1.17 bits per heavy atom. The zero-order valence-electron chi connectivity index (χ0n) is 10.3. The molecule has 1 rings (SSSR count). The summed E-state index contributed by atoms with van der Waals surface area (Å²) in [6, 6.07) is 0. The molecular formula is C11H20ClNO4S. The van der Waals surface area contributed by atoms with Gasteiger partial charge in [-0.25, -0.2) is 4.79 Å². The normalized spacial score (nSPS) is 15.6. The molecule has 0 heterocycles.